The average Bonchev–Trinajstić information content (AvgIpc) is 3.31. The minimum atomic E-state index is -0.298. The number of benzene rings is 1. The number of hydrogen-bond donors (Lipinski definition) is 1. The summed E-state index contributed by atoms with van der Waals surface area (Å²) in [6, 6.07) is 6.30. The summed E-state index contributed by atoms with van der Waals surface area (Å²) >= 11 is 0. The zero-order valence-corrected chi connectivity index (χ0v) is 21.4. The Morgan fingerprint density at radius 3 is 2.34 bits per heavy atom. The Kier molecular flexibility index (Phi) is 9.73. The quantitative estimate of drug-likeness (QED) is 0.451. The maximum atomic E-state index is 13.1. The number of halogens is 1. The normalized spacial score (nSPS) is 28.2. The number of nitrogens with zero attached hydrogens (tertiary/aromatic N) is 1. The molecule has 2 aliphatic carbocycles. The van der Waals surface area contributed by atoms with Gasteiger partial charge in [-0.25, -0.2) is 4.39 Å². The van der Waals surface area contributed by atoms with Crippen LogP contribution in [0.15, 0.2) is 24.3 Å². The molecule has 194 valence electrons. The minimum Gasteiger partial charge on any atom is -0.378 e. The molecular weight excluding hydrogens is 443 g/mol. The molecule has 1 amide bonds. The molecular formula is C29H43FN2O3. The van der Waals surface area contributed by atoms with Gasteiger partial charge in [-0.05, 0) is 127 Å². The van der Waals surface area contributed by atoms with Crippen molar-refractivity contribution in [3.8, 4) is 0 Å². The van der Waals surface area contributed by atoms with Crippen molar-refractivity contribution in [2.45, 2.75) is 89.7 Å². The molecule has 2 saturated carbocycles. The summed E-state index contributed by atoms with van der Waals surface area (Å²) in [5, 5.41) is 3.31. The zero-order valence-electron chi connectivity index (χ0n) is 21.4. The van der Waals surface area contributed by atoms with Crippen LogP contribution in [0.5, 0.6) is 0 Å². The number of likely N-dealkylation sites (tertiary alicyclic amines) is 1. The summed E-state index contributed by atoms with van der Waals surface area (Å²) in [4.78, 5) is 27.7. The number of carbonyl (C=O) groups excluding carboxylic acids is 2. The summed E-state index contributed by atoms with van der Waals surface area (Å²) in [5.74, 6) is 1.38. The van der Waals surface area contributed by atoms with E-state index in [0.717, 1.165) is 77.1 Å². The van der Waals surface area contributed by atoms with E-state index in [1.807, 2.05) is 6.92 Å². The maximum absolute atomic E-state index is 13.1. The monoisotopic (exact) mass is 486 g/mol. The molecule has 35 heavy (non-hydrogen) atoms. The Balaban J connectivity index is 1.08. The Labute approximate surface area is 210 Å². The van der Waals surface area contributed by atoms with Crippen LogP contribution in [-0.2, 0) is 9.53 Å². The Morgan fingerprint density at radius 1 is 0.971 bits per heavy atom. The minimum absolute atomic E-state index is 0.0602. The lowest BCUT2D eigenvalue weighted by Gasteiger charge is -2.34. The first-order chi connectivity index (χ1) is 17.0. The van der Waals surface area contributed by atoms with Gasteiger partial charge in [0.25, 0.3) is 0 Å². The van der Waals surface area contributed by atoms with Crippen LogP contribution in [0.2, 0.25) is 0 Å². The van der Waals surface area contributed by atoms with Gasteiger partial charge in [-0.15, -0.1) is 0 Å². The predicted molar refractivity (Wildman–Crippen MR) is 136 cm³/mol. The number of piperidine rings is 1. The fourth-order valence-corrected chi connectivity index (χ4v) is 6.38. The molecule has 3 aliphatic rings. The molecule has 2 atom stereocenters. The molecule has 0 radical (unpaired) electrons. The highest BCUT2D eigenvalue weighted by Crippen LogP contribution is 2.31. The number of ketones is 1. The lowest BCUT2D eigenvalue weighted by atomic mass is 9.83. The lowest BCUT2D eigenvalue weighted by molar-refractivity contribution is -0.123. The largest absolute Gasteiger partial charge is 0.378 e. The van der Waals surface area contributed by atoms with Crippen molar-refractivity contribution in [1.82, 2.24) is 10.2 Å². The van der Waals surface area contributed by atoms with E-state index in [1.54, 1.807) is 12.1 Å². The fraction of sp³-hybridized carbons (Fsp3) is 0.724. The summed E-state index contributed by atoms with van der Waals surface area (Å²) in [5.41, 5.74) is 0.631. The maximum Gasteiger partial charge on any atom is 0.220 e. The van der Waals surface area contributed by atoms with Gasteiger partial charge >= 0.3 is 0 Å². The van der Waals surface area contributed by atoms with Gasteiger partial charge in [0, 0.05) is 30.6 Å². The van der Waals surface area contributed by atoms with Gasteiger partial charge in [0.2, 0.25) is 5.91 Å². The summed E-state index contributed by atoms with van der Waals surface area (Å²) in [7, 11) is 0. The van der Waals surface area contributed by atoms with Gasteiger partial charge in [-0.3, -0.25) is 9.59 Å². The van der Waals surface area contributed by atoms with Crippen molar-refractivity contribution >= 4 is 11.7 Å². The molecule has 1 aliphatic heterocycles. The van der Waals surface area contributed by atoms with Crippen LogP contribution in [-0.4, -0.2) is 55.0 Å². The molecule has 2 unspecified atom stereocenters. The number of ether oxygens (including phenoxy) is 1. The first-order valence-corrected chi connectivity index (χ1v) is 13.9. The van der Waals surface area contributed by atoms with Crippen molar-refractivity contribution in [3.05, 3.63) is 35.6 Å². The second-order valence-corrected chi connectivity index (χ2v) is 11.0. The van der Waals surface area contributed by atoms with Gasteiger partial charge in [0.05, 0.1) is 6.10 Å². The average molecular weight is 487 g/mol. The van der Waals surface area contributed by atoms with Crippen molar-refractivity contribution in [2.24, 2.45) is 17.8 Å². The van der Waals surface area contributed by atoms with Crippen LogP contribution in [0.1, 0.15) is 87.9 Å². The molecule has 1 aromatic rings. The van der Waals surface area contributed by atoms with E-state index < -0.39 is 0 Å². The van der Waals surface area contributed by atoms with Crippen LogP contribution < -0.4 is 5.32 Å². The highest BCUT2D eigenvalue weighted by molar-refractivity contribution is 5.97. The van der Waals surface area contributed by atoms with Crippen molar-refractivity contribution in [3.63, 3.8) is 0 Å². The van der Waals surface area contributed by atoms with Gasteiger partial charge in [0.15, 0.2) is 5.78 Å². The van der Waals surface area contributed by atoms with Crippen LogP contribution in [0.3, 0.4) is 0 Å². The third-order valence-electron chi connectivity index (χ3n) is 8.52. The Hall–Kier alpha value is -1.79. The van der Waals surface area contributed by atoms with Crippen molar-refractivity contribution < 1.29 is 18.7 Å². The van der Waals surface area contributed by atoms with E-state index >= 15 is 0 Å². The first-order valence-electron chi connectivity index (χ1n) is 13.9. The van der Waals surface area contributed by atoms with Crippen molar-refractivity contribution in [2.75, 3.05) is 26.2 Å². The van der Waals surface area contributed by atoms with Gasteiger partial charge in [-0.2, -0.15) is 0 Å². The van der Waals surface area contributed by atoms with Gasteiger partial charge in [-0.1, -0.05) is 0 Å². The van der Waals surface area contributed by atoms with Crippen molar-refractivity contribution in [1.29, 1.82) is 0 Å². The van der Waals surface area contributed by atoms with E-state index in [9.17, 15) is 14.0 Å². The van der Waals surface area contributed by atoms with E-state index in [0.29, 0.717) is 30.0 Å². The summed E-state index contributed by atoms with van der Waals surface area (Å²) in [6.07, 6.45) is 11.8. The molecule has 1 aromatic carbocycles. The van der Waals surface area contributed by atoms with E-state index in [4.69, 9.17) is 4.74 Å². The van der Waals surface area contributed by atoms with Crippen LogP contribution in [0.4, 0.5) is 4.39 Å². The molecule has 3 fully saturated rings. The third kappa shape index (κ3) is 7.85. The number of rotatable bonds is 10. The molecule has 4 rings (SSSR count). The molecule has 0 spiro atoms. The molecule has 1 N–H and O–H groups in total. The van der Waals surface area contributed by atoms with Gasteiger partial charge in [0.1, 0.15) is 5.82 Å². The number of carbonyl (C=O) groups is 2. The zero-order chi connectivity index (χ0) is 24.6. The number of hydrogen-bond acceptors (Lipinski definition) is 4. The smallest absolute Gasteiger partial charge is 0.220 e. The number of Topliss-reactive ketones (excluding diaryl/α,β-unsaturated/α-hetero) is 1. The number of nitrogens with one attached hydrogen (secondary N) is 1. The highest BCUT2D eigenvalue weighted by atomic mass is 19.1. The number of amides is 1. The topological polar surface area (TPSA) is 58.6 Å². The first kappa shape index (κ1) is 26.3. The molecule has 0 aromatic heterocycles. The van der Waals surface area contributed by atoms with Crippen LogP contribution in [0.25, 0.3) is 0 Å². The van der Waals surface area contributed by atoms with Gasteiger partial charge < -0.3 is 15.0 Å². The summed E-state index contributed by atoms with van der Waals surface area (Å²) in [6.45, 7) is 5.84. The molecule has 0 bridgehead atoms. The Bertz CT molecular complexity index is 814. The molecule has 1 saturated heterocycles. The molecule has 5 nitrogen and oxygen atoms in total. The Morgan fingerprint density at radius 2 is 1.66 bits per heavy atom. The van der Waals surface area contributed by atoms with Crippen LogP contribution >= 0.6 is 0 Å². The highest BCUT2D eigenvalue weighted by Gasteiger charge is 2.29. The van der Waals surface area contributed by atoms with E-state index in [2.05, 4.69) is 10.2 Å². The van der Waals surface area contributed by atoms with Crippen LogP contribution in [0, 0.1) is 23.6 Å². The second kappa shape index (κ2) is 13.0. The SMILES string of the molecule is CCOC1CCC(CC(=O)NC2CCC(CCN3CCC(C(=O)c4ccc(F)cc4)CC3)CC2)C1. The third-order valence-corrected chi connectivity index (χ3v) is 8.52. The standard InChI is InChI=1S/C29H43FN2O3/c1-2-35-27-12-5-22(19-27)20-28(33)31-26-10-3-21(4-11-26)13-16-32-17-14-24(15-18-32)29(34)23-6-8-25(30)9-7-23/h6-9,21-22,24,26-27H,2-5,10-20H2,1H3,(H,31,33). The molecule has 6 heteroatoms. The van der Waals surface area contributed by atoms with E-state index in [-0.39, 0.29) is 23.4 Å². The summed E-state index contributed by atoms with van der Waals surface area (Å²) < 4.78 is 18.8. The second-order valence-electron chi connectivity index (χ2n) is 11.0. The molecule has 1 heterocycles. The fourth-order valence-electron chi connectivity index (χ4n) is 6.38. The predicted octanol–water partition coefficient (Wildman–Crippen LogP) is 5.38. The lowest BCUT2D eigenvalue weighted by Crippen LogP contribution is -2.39. The van der Waals surface area contributed by atoms with E-state index in [1.165, 1.54) is 31.4 Å².